The minimum absolute atomic E-state index is 0.00977. The Hall–Kier alpha value is -7.38. The molecule has 3 aromatic heterocycles. The number of ether oxygens (including phenoxy) is 2. The van der Waals surface area contributed by atoms with Crippen molar-refractivity contribution < 1.29 is 14.0 Å². The number of benzene rings is 7. The highest BCUT2D eigenvalue weighted by atomic mass is 16.5. The van der Waals surface area contributed by atoms with Crippen molar-refractivity contribution in [2.45, 2.75) is 26.2 Å². The zero-order chi connectivity index (χ0) is 39.7. The Labute approximate surface area is 343 Å². The molecule has 0 amide bonds. The zero-order valence-corrected chi connectivity index (χ0v) is 33.0. The molecule has 1 aliphatic rings. The van der Waals surface area contributed by atoms with Crippen molar-refractivity contribution in [3.63, 3.8) is 0 Å². The lowest BCUT2D eigenvalue weighted by Crippen LogP contribution is -2.57. The van der Waals surface area contributed by atoms with Gasteiger partial charge in [0.1, 0.15) is 28.8 Å². The highest BCUT2D eigenvalue weighted by Crippen LogP contribution is 2.36. The molecule has 0 atom stereocenters. The number of para-hydroxylation sites is 6. The van der Waals surface area contributed by atoms with Crippen molar-refractivity contribution in [2.75, 3.05) is 0 Å². The zero-order valence-electron chi connectivity index (χ0n) is 33.0. The molecule has 10 aromatic rings. The van der Waals surface area contributed by atoms with E-state index < -0.39 is 0 Å². The Morgan fingerprint density at radius 2 is 1.25 bits per heavy atom. The summed E-state index contributed by atoms with van der Waals surface area (Å²) in [6, 6.07) is 61.2. The van der Waals surface area contributed by atoms with Crippen LogP contribution < -0.4 is 30.4 Å². The van der Waals surface area contributed by atoms with Gasteiger partial charge in [-0.25, -0.2) is 4.98 Å². The quantitative estimate of drug-likeness (QED) is 0.0963. The molecular formula is C52H39BN4O2. The molecule has 0 fully saturated rings. The van der Waals surface area contributed by atoms with Gasteiger partial charge in [-0.2, -0.15) is 0 Å². The van der Waals surface area contributed by atoms with Crippen LogP contribution in [0.15, 0.2) is 182 Å². The fourth-order valence-corrected chi connectivity index (χ4v) is 8.70. The highest BCUT2D eigenvalue weighted by Gasteiger charge is 2.34. The average Bonchev–Trinajstić information content (AvgIpc) is 3.81. The molecule has 7 heteroatoms. The van der Waals surface area contributed by atoms with Crippen molar-refractivity contribution in [1.82, 2.24) is 14.1 Å². The van der Waals surface area contributed by atoms with E-state index in [1.54, 1.807) is 0 Å². The lowest BCUT2D eigenvalue weighted by molar-refractivity contribution is -0.571. The largest absolute Gasteiger partial charge is 0.458 e. The topological polar surface area (TPSA) is 45.1 Å². The van der Waals surface area contributed by atoms with Crippen LogP contribution in [0.3, 0.4) is 0 Å². The summed E-state index contributed by atoms with van der Waals surface area (Å²) in [7, 11) is 0. The molecule has 0 unspecified atom stereocenters. The maximum Gasteiger partial charge on any atom is 0.269 e. The number of fused-ring (bicyclic) bond motifs is 6. The van der Waals surface area contributed by atoms with Crippen LogP contribution in [0.25, 0.3) is 50.0 Å². The van der Waals surface area contributed by atoms with E-state index in [0.29, 0.717) is 0 Å². The number of nitrogens with zero attached hydrogens (tertiary/aromatic N) is 4. The molecule has 282 valence electrons. The third kappa shape index (κ3) is 5.88. The molecule has 0 bridgehead atoms. The predicted octanol–water partition coefficient (Wildman–Crippen LogP) is 9.91. The highest BCUT2D eigenvalue weighted by molar-refractivity contribution is 6.97. The van der Waals surface area contributed by atoms with Crippen LogP contribution in [0.5, 0.6) is 23.0 Å². The van der Waals surface area contributed by atoms with E-state index in [9.17, 15) is 0 Å². The third-order valence-electron chi connectivity index (χ3n) is 11.5. The summed E-state index contributed by atoms with van der Waals surface area (Å²) in [5, 5.41) is 2.32. The molecule has 0 saturated heterocycles. The van der Waals surface area contributed by atoms with Crippen molar-refractivity contribution in [2.24, 2.45) is 0 Å². The minimum atomic E-state index is -0.0265. The Morgan fingerprint density at radius 3 is 2.05 bits per heavy atom. The number of aromatic nitrogens is 4. The van der Waals surface area contributed by atoms with E-state index in [0.717, 1.165) is 78.6 Å². The van der Waals surface area contributed by atoms with Crippen LogP contribution >= 0.6 is 0 Å². The fraction of sp³-hybridized carbons (Fsp3) is 0.0769. The molecule has 0 N–H and O–H groups in total. The standard InChI is InChI=1S/C52H39BN4O2/c1-52(2,3)35-29-30-54-51(31-35)57-44-21-8-4-17-39(44)40-28-27-38(33-48(40)57)58-37-16-14-15-36(32-37)55-34-56(47-24-11-10-23-46(47)55)45-22-9-5-18-41(45)53-42-19-6-12-25-49(42)59-50-26-13-7-20-43(50)53/h4-33H,1-3H3. The number of hydrogen-bond donors (Lipinski definition) is 0. The normalized spacial score (nSPS) is 12.4. The van der Waals surface area contributed by atoms with Gasteiger partial charge in [0.2, 0.25) is 6.71 Å². The van der Waals surface area contributed by atoms with Gasteiger partial charge >= 0.3 is 0 Å². The first kappa shape index (κ1) is 34.8. The van der Waals surface area contributed by atoms with E-state index in [4.69, 9.17) is 14.5 Å². The smallest absolute Gasteiger partial charge is 0.269 e. The molecule has 0 aliphatic carbocycles. The van der Waals surface area contributed by atoms with E-state index in [2.05, 4.69) is 192 Å². The molecule has 0 radical (unpaired) electrons. The molecule has 1 aliphatic heterocycles. The summed E-state index contributed by atoms with van der Waals surface area (Å²) in [4.78, 5) is 4.86. The van der Waals surface area contributed by atoms with Crippen molar-refractivity contribution >= 4 is 55.9 Å². The second kappa shape index (κ2) is 13.6. The van der Waals surface area contributed by atoms with Gasteiger partial charge in [0, 0.05) is 23.0 Å². The SMILES string of the molecule is CC(C)(C)c1ccnc(-n2c3ccccc3c3ccc(Oc4cccc(-n5[c-][n+](-c6ccccc6B6c7ccccc7Oc7ccccc76)c6ccccc65)c4)cc32)c1. The first-order valence-corrected chi connectivity index (χ1v) is 20.1. The Morgan fingerprint density at radius 1 is 0.593 bits per heavy atom. The summed E-state index contributed by atoms with van der Waals surface area (Å²) in [5.41, 5.74) is 10.9. The van der Waals surface area contributed by atoms with E-state index in [1.165, 1.54) is 16.4 Å². The van der Waals surface area contributed by atoms with Gasteiger partial charge in [0.25, 0.3) is 6.33 Å². The van der Waals surface area contributed by atoms with Gasteiger partial charge in [-0.05, 0) is 88.6 Å². The van der Waals surface area contributed by atoms with Gasteiger partial charge in [0.05, 0.1) is 33.4 Å². The minimum Gasteiger partial charge on any atom is -0.458 e. The summed E-state index contributed by atoms with van der Waals surface area (Å²) >= 11 is 0. The fourth-order valence-electron chi connectivity index (χ4n) is 8.70. The molecule has 59 heavy (non-hydrogen) atoms. The number of pyridine rings is 1. The van der Waals surface area contributed by atoms with E-state index in [-0.39, 0.29) is 12.1 Å². The molecule has 6 nitrogen and oxygen atoms in total. The summed E-state index contributed by atoms with van der Waals surface area (Å²) in [5.74, 6) is 4.12. The van der Waals surface area contributed by atoms with Crippen molar-refractivity contribution in [3.8, 4) is 40.2 Å². The second-order valence-corrected chi connectivity index (χ2v) is 16.2. The first-order valence-electron chi connectivity index (χ1n) is 20.1. The van der Waals surface area contributed by atoms with Crippen molar-refractivity contribution in [1.29, 1.82) is 0 Å². The molecule has 0 saturated carbocycles. The van der Waals surface area contributed by atoms with Gasteiger partial charge < -0.3 is 9.47 Å². The Balaban J connectivity index is 0.997. The monoisotopic (exact) mass is 762 g/mol. The third-order valence-corrected chi connectivity index (χ3v) is 11.5. The van der Waals surface area contributed by atoms with Gasteiger partial charge in [-0.1, -0.05) is 129 Å². The Bertz CT molecular complexity index is 3200. The first-order chi connectivity index (χ1) is 28.9. The van der Waals surface area contributed by atoms with Crippen LogP contribution in [-0.4, -0.2) is 20.8 Å². The van der Waals surface area contributed by atoms with Gasteiger partial charge in [-0.15, -0.1) is 0 Å². The lowest BCUT2D eigenvalue weighted by Gasteiger charge is -2.28. The maximum absolute atomic E-state index is 6.70. The summed E-state index contributed by atoms with van der Waals surface area (Å²) in [6.45, 7) is 6.67. The van der Waals surface area contributed by atoms with Gasteiger partial charge in [-0.3, -0.25) is 13.7 Å². The van der Waals surface area contributed by atoms with Crippen LogP contribution in [0, 0.1) is 6.33 Å². The predicted molar refractivity (Wildman–Crippen MR) is 239 cm³/mol. The maximum atomic E-state index is 6.70. The van der Waals surface area contributed by atoms with Crippen LogP contribution in [0.2, 0.25) is 0 Å². The lowest BCUT2D eigenvalue weighted by atomic mass is 9.35. The number of hydrogen-bond acceptors (Lipinski definition) is 3. The molecule has 7 aromatic carbocycles. The second-order valence-electron chi connectivity index (χ2n) is 16.2. The summed E-state index contributed by atoms with van der Waals surface area (Å²) in [6.07, 6.45) is 5.67. The van der Waals surface area contributed by atoms with Crippen molar-refractivity contribution in [3.05, 3.63) is 194 Å². The van der Waals surface area contributed by atoms with Crippen LogP contribution in [0.1, 0.15) is 26.3 Å². The van der Waals surface area contributed by atoms with Crippen LogP contribution in [0.4, 0.5) is 0 Å². The average molecular weight is 763 g/mol. The summed E-state index contributed by atoms with van der Waals surface area (Å²) < 4.78 is 19.7. The van der Waals surface area contributed by atoms with Gasteiger partial charge in [0.15, 0.2) is 0 Å². The van der Waals surface area contributed by atoms with E-state index in [1.807, 2.05) is 30.5 Å². The number of imidazole rings is 1. The number of rotatable bonds is 6. The van der Waals surface area contributed by atoms with E-state index >= 15 is 0 Å². The molecule has 0 spiro atoms. The Kier molecular flexibility index (Phi) is 8.05. The molecular weight excluding hydrogens is 723 g/mol. The molecule has 4 heterocycles. The van der Waals surface area contributed by atoms with Crippen LogP contribution in [-0.2, 0) is 5.41 Å². The molecule has 11 rings (SSSR count).